The van der Waals surface area contributed by atoms with Crippen LogP contribution in [0.1, 0.15) is 16.8 Å². The molecule has 0 saturated carbocycles. The zero-order valence-corrected chi connectivity index (χ0v) is 12.6. The van der Waals surface area contributed by atoms with Crippen LogP contribution < -0.4 is 10.2 Å². The fourth-order valence-corrected chi connectivity index (χ4v) is 3.29. The molecule has 1 heterocycles. The number of rotatable bonds is 5. The number of nitrogens with zero attached hydrogens (tertiary/aromatic N) is 1. The van der Waals surface area contributed by atoms with Crippen molar-refractivity contribution in [2.75, 3.05) is 29.6 Å². The van der Waals surface area contributed by atoms with Crippen molar-refractivity contribution < 1.29 is 27.0 Å². The second-order valence-corrected chi connectivity index (χ2v) is 6.48. The molecule has 1 aliphatic rings. The van der Waals surface area contributed by atoms with Crippen LogP contribution in [0.5, 0.6) is 0 Å². The van der Waals surface area contributed by atoms with Gasteiger partial charge in [-0.1, -0.05) is 0 Å². The number of hydrogen-bond donors (Lipinski definition) is 2. The van der Waals surface area contributed by atoms with Crippen LogP contribution in [-0.4, -0.2) is 44.7 Å². The van der Waals surface area contributed by atoms with Crippen molar-refractivity contribution in [3.63, 3.8) is 0 Å². The predicted molar refractivity (Wildman–Crippen MR) is 78.3 cm³/mol. The van der Waals surface area contributed by atoms with Gasteiger partial charge in [-0.25, -0.2) is 4.79 Å². The summed E-state index contributed by atoms with van der Waals surface area (Å²) in [7, 11) is -3.05. The van der Waals surface area contributed by atoms with Gasteiger partial charge in [0.1, 0.15) is 0 Å². The Morgan fingerprint density at radius 3 is 2.73 bits per heavy atom. The molecule has 2 rings (SSSR count). The first kappa shape index (κ1) is 16.2. The van der Waals surface area contributed by atoms with Crippen LogP contribution in [0.25, 0.3) is 0 Å². The van der Waals surface area contributed by atoms with Crippen molar-refractivity contribution in [2.45, 2.75) is 6.42 Å². The quantitative estimate of drug-likeness (QED) is 0.783. The molecule has 0 bridgehead atoms. The third-order valence-corrected chi connectivity index (χ3v) is 4.31. The lowest BCUT2D eigenvalue weighted by atomic mass is 10.1. The summed E-state index contributed by atoms with van der Waals surface area (Å²) in [4.78, 5) is 24.4. The molecule has 7 nitrogen and oxygen atoms in total. The third-order valence-electron chi connectivity index (χ3n) is 3.44. The van der Waals surface area contributed by atoms with Crippen molar-refractivity contribution in [3.05, 3.63) is 23.8 Å². The summed E-state index contributed by atoms with van der Waals surface area (Å²) in [6.07, 6.45) is -0.0936. The third kappa shape index (κ3) is 3.53. The summed E-state index contributed by atoms with van der Waals surface area (Å²) in [5.41, 5.74) is 0.872. The van der Waals surface area contributed by atoms with E-state index in [1.165, 1.54) is 23.1 Å². The van der Waals surface area contributed by atoms with Crippen LogP contribution in [0, 0.1) is 5.92 Å². The standard InChI is InChI=1S/C13H15FN2O5S/c1-15-10-3-2-9(13(18)19)5-11(10)16-6-8(4-12(16)17)7-22(14,20)21/h2-3,5,8,15H,4,6-7H2,1H3,(H,18,19). The number of anilines is 2. The summed E-state index contributed by atoms with van der Waals surface area (Å²) in [6.45, 7) is 0.0275. The Bertz CT molecular complexity index is 719. The lowest BCUT2D eigenvalue weighted by molar-refractivity contribution is -0.117. The number of carboxylic acids is 1. The zero-order chi connectivity index (χ0) is 16.5. The number of amides is 1. The first-order valence-electron chi connectivity index (χ1n) is 6.49. The fourth-order valence-electron chi connectivity index (χ4n) is 2.51. The Morgan fingerprint density at radius 1 is 1.50 bits per heavy atom. The minimum absolute atomic E-state index is 0.00311. The molecule has 2 N–H and O–H groups in total. The summed E-state index contributed by atoms with van der Waals surface area (Å²) in [5.74, 6) is -2.88. The van der Waals surface area contributed by atoms with Gasteiger partial charge in [0.25, 0.3) is 0 Å². The molecule has 22 heavy (non-hydrogen) atoms. The Kier molecular flexibility index (Phi) is 4.36. The highest BCUT2D eigenvalue weighted by Crippen LogP contribution is 2.32. The number of benzene rings is 1. The molecule has 1 aliphatic heterocycles. The van der Waals surface area contributed by atoms with E-state index in [0.717, 1.165) is 0 Å². The number of hydrogen-bond acceptors (Lipinski definition) is 5. The Balaban J connectivity index is 2.33. The van der Waals surface area contributed by atoms with E-state index in [1.54, 1.807) is 7.05 Å². The monoisotopic (exact) mass is 330 g/mol. The minimum atomic E-state index is -4.66. The largest absolute Gasteiger partial charge is 0.478 e. The molecule has 1 unspecified atom stereocenters. The van der Waals surface area contributed by atoms with Crippen molar-refractivity contribution in [1.29, 1.82) is 0 Å². The van der Waals surface area contributed by atoms with Crippen LogP contribution in [0.15, 0.2) is 18.2 Å². The smallest absolute Gasteiger partial charge is 0.335 e. The van der Waals surface area contributed by atoms with Crippen LogP contribution in [0.2, 0.25) is 0 Å². The van der Waals surface area contributed by atoms with E-state index < -0.39 is 27.9 Å². The molecule has 0 aliphatic carbocycles. The van der Waals surface area contributed by atoms with Gasteiger partial charge in [-0.05, 0) is 18.2 Å². The van der Waals surface area contributed by atoms with Gasteiger partial charge in [0.05, 0.1) is 22.7 Å². The van der Waals surface area contributed by atoms with Crippen molar-refractivity contribution >= 4 is 33.5 Å². The fraction of sp³-hybridized carbons (Fsp3) is 0.385. The maximum atomic E-state index is 12.8. The first-order valence-corrected chi connectivity index (χ1v) is 8.04. The molecule has 1 aromatic rings. The van der Waals surface area contributed by atoms with E-state index in [-0.39, 0.29) is 24.4 Å². The van der Waals surface area contributed by atoms with Gasteiger partial charge in [-0.3, -0.25) is 4.79 Å². The zero-order valence-electron chi connectivity index (χ0n) is 11.7. The number of nitrogens with one attached hydrogen (secondary N) is 1. The van der Waals surface area contributed by atoms with E-state index in [4.69, 9.17) is 5.11 Å². The van der Waals surface area contributed by atoms with E-state index in [1.807, 2.05) is 0 Å². The maximum absolute atomic E-state index is 12.8. The van der Waals surface area contributed by atoms with E-state index in [2.05, 4.69) is 5.32 Å². The normalized spacial score (nSPS) is 18.5. The highest BCUT2D eigenvalue weighted by Gasteiger charge is 2.34. The highest BCUT2D eigenvalue weighted by atomic mass is 32.3. The van der Waals surface area contributed by atoms with Crippen LogP contribution in [0.4, 0.5) is 15.3 Å². The van der Waals surface area contributed by atoms with Crippen molar-refractivity contribution in [1.82, 2.24) is 0 Å². The number of aromatic carboxylic acids is 1. The second-order valence-electron chi connectivity index (χ2n) is 5.07. The van der Waals surface area contributed by atoms with Crippen molar-refractivity contribution in [3.8, 4) is 0 Å². The minimum Gasteiger partial charge on any atom is -0.478 e. The Morgan fingerprint density at radius 2 is 2.18 bits per heavy atom. The summed E-state index contributed by atoms with van der Waals surface area (Å²) >= 11 is 0. The van der Waals surface area contributed by atoms with E-state index in [9.17, 15) is 21.9 Å². The number of carbonyl (C=O) groups excluding carboxylic acids is 1. The Hall–Kier alpha value is -2.16. The first-order chi connectivity index (χ1) is 10.2. The Labute approximate surface area is 126 Å². The van der Waals surface area contributed by atoms with Crippen LogP contribution >= 0.6 is 0 Å². The number of carbonyl (C=O) groups is 2. The molecular weight excluding hydrogens is 315 g/mol. The topological polar surface area (TPSA) is 104 Å². The lowest BCUT2D eigenvalue weighted by Gasteiger charge is -2.20. The number of halogens is 1. The summed E-state index contributed by atoms with van der Waals surface area (Å²) < 4.78 is 34.2. The SMILES string of the molecule is CNc1ccc(C(=O)O)cc1N1CC(CS(=O)(=O)F)CC1=O. The second kappa shape index (κ2) is 5.91. The van der Waals surface area contributed by atoms with Crippen LogP contribution in [0.3, 0.4) is 0 Å². The van der Waals surface area contributed by atoms with Gasteiger partial charge < -0.3 is 15.3 Å². The molecule has 1 saturated heterocycles. The van der Waals surface area contributed by atoms with Gasteiger partial charge in [0.15, 0.2) is 0 Å². The average Bonchev–Trinajstić information content (AvgIpc) is 2.76. The molecule has 1 aromatic carbocycles. The summed E-state index contributed by atoms with van der Waals surface area (Å²) in [6, 6.07) is 4.24. The molecular formula is C13H15FN2O5S. The van der Waals surface area contributed by atoms with E-state index >= 15 is 0 Å². The average molecular weight is 330 g/mol. The molecule has 1 amide bonds. The molecule has 120 valence electrons. The molecule has 1 fully saturated rings. The van der Waals surface area contributed by atoms with Gasteiger partial charge in [0, 0.05) is 25.9 Å². The molecule has 9 heteroatoms. The van der Waals surface area contributed by atoms with E-state index in [0.29, 0.717) is 11.4 Å². The molecule has 0 spiro atoms. The van der Waals surface area contributed by atoms with Gasteiger partial charge in [0.2, 0.25) is 5.91 Å². The molecule has 0 radical (unpaired) electrons. The summed E-state index contributed by atoms with van der Waals surface area (Å²) in [5, 5.41) is 11.9. The maximum Gasteiger partial charge on any atom is 0.335 e. The van der Waals surface area contributed by atoms with Crippen molar-refractivity contribution in [2.24, 2.45) is 5.92 Å². The highest BCUT2D eigenvalue weighted by molar-refractivity contribution is 7.86. The molecule has 1 atom stereocenters. The van der Waals surface area contributed by atoms with Gasteiger partial charge >= 0.3 is 16.2 Å². The van der Waals surface area contributed by atoms with Gasteiger partial charge in [-0.15, -0.1) is 3.89 Å². The number of carboxylic acid groups (broad SMARTS) is 1. The lowest BCUT2D eigenvalue weighted by Crippen LogP contribution is -2.26. The van der Waals surface area contributed by atoms with Crippen LogP contribution in [-0.2, 0) is 15.0 Å². The molecule has 0 aromatic heterocycles. The predicted octanol–water partition coefficient (Wildman–Crippen LogP) is 1.08. The van der Waals surface area contributed by atoms with Gasteiger partial charge in [-0.2, -0.15) is 8.42 Å².